The maximum atomic E-state index is 12.0. The normalized spacial score (nSPS) is 21.4. The van der Waals surface area contributed by atoms with Crippen molar-refractivity contribution in [1.82, 2.24) is 20.2 Å². The Balaban J connectivity index is 1.83. The summed E-state index contributed by atoms with van der Waals surface area (Å²) in [5.41, 5.74) is 1.06. The van der Waals surface area contributed by atoms with Crippen LogP contribution in [0, 0.1) is 0 Å². The van der Waals surface area contributed by atoms with Crippen molar-refractivity contribution in [2.75, 3.05) is 50.1 Å². The number of hydrogen-bond donors (Lipinski definition) is 1. The highest BCUT2D eigenvalue weighted by molar-refractivity contribution is 5.76. The molecular formula is C17H28N6O. The van der Waals surface area contributed by atoms with Crippen LogP contribution in [0.25, 0.3) is 0 Å². The number of anilines is 2. The first-order valence-electron chi connectivity index (χ1n) is 8.81. The van der Waals surface area contributed by atoms with Crippen molar-refractivity contribution in [2.45, 2.75) is 38.6 Å². The largest absolute Gasteiger partial charge is 0.354 e. The lowest BCUT2D eigenvalue weighted by molar-refractivity contribution is 0.189. The van der Waals surface area contributed by atoms with Crippen LogP contribution < -0.4 is 15.1 Å². The van der Waals surface area contributed by atoms with E-state index in [2.05, 4.69) is 35.1 Å². The Morgan fingerprint density at radius 3 is 2.71 bits per heavy atom. The van der Waals surface area contributed by atoms with Gasteiger partial charge >= 0.3 is 6.03 Å². The van der Waals surface area contributed by atoms with Gasteiger partial charge in [-0.15, -0.1) is 0 Å². The molecule has 2 aliphatic heterocycles. The zero-order chi connectivity index (χ0) is 17.3. The van der Waals surface area contributed by atoms with E-state index in [0.717, 1.165) is 56.5 Å². The molecule has 24 heavy (non-hydrogen) atoms. The summed E-state index contributed by atoms with van der Waals surface area (Å²) < 4.78 is 0. The molecule has 0 saturated carbocycles. The second kappa shape index (κ2) is 6.83. The van der Waals surface area contributed by atoms with Gasteiger partial charge < -0.3 is 20.0 Å². The molecule has 2 fully saturated rings. The summed E-state index contributed by atoms with van der Waals surface area (Å²) >= 11 is 0. The molecule has 0 aromatic carbocycles. The fourth-order valence-corrected chi connectivity index (χ4v) is 3.35. The van der Waals surface area contributed by atoms with Gasteiger partial charge in [0.15, 0.2) is 0 Å². The molecule has 1 N–H and O–H groups in total. The van der Waals surface area contributed by atoms with E-state index in [4.69, 9.17) is 4.98 Å². The van der Waals surface area contributed by atoms with Crippen LogP contribution in [0.4, 0.5) is 16.6 Å². The Bertz CT molecular complexity index is 576. The van der Waals surface area contributed by atoms with Crippen LogP contribution in [-0.2, 0) is 0 Å². The van der Waals surface area contributed by atoms with E-state index in [0.29, 0.717) is 5.92 Å². The summed E-state index contributed by atoms with van der Waals surface area (Å²) in [6, 6.07) is 2.44. The number of amides is 2. The summed E-state index contributed by atoms with van der Waals surface area (Å²) in [6.45, 7) is 7.69. The van der Waals surface area contributed by atoms with Gasteiger partial charge in [0.1, 0.15) is 5.82 Å². The van der Waals surface area contributed by atoms with Crippen LogP contribution >= 0.6 is 0 Å². The molecule has 7 nitrogen and oxygen atoms in total. The molecule has 7 heteroatoms. The van der Waals surface area contributed by atoms with Crippen molar-refractivity contribution in [3.63, 3.8) is 0 Å². The third-order valence-corrected chi connectivity index (χ3v) is 4.76. The fourth-order valence-electron chi connectivity index (χ4n) is 3.35. The minimum atomic E-state index is 0.0707. The van der Waals surface area contributed by atoms with E-state index in [1.54, 1.807) is 0 Å². The minimum Gasteiger partial charge on any atom is -0.354 e. The summed E-state index contributed by atoms with van der Waals surface area (Å²) in [5, 5.41) is 2.91. The molecule has 1 aromatic heterocycles. The van der Waals surface area contributed by atoms with Gasteiger partial charge in [0, 0.05) is 46.3 Å². The standard InChI is InChI=1S/C17H28N6O/c1-12(2)14-10-15(20-16(19-14)21(3)4)22-8-5-6-13(11-22)23-9-7-18-17(23)24/h10,12-13H,5-9,11H2,1-4H3,(H,18,24). The highest BCUT2D eigenvalue weighted by atomic mass is 16.2. The van der Waals surface area contributed by atoms with Gasteiger partial charge in [0.25, 0.3) is 0 Å². The molecule has 2 amide bonds. The van der Waals surface area contributed by atoms with Crippen molar-refractivity contribution >= 4 is 17.8 Å². The van der Waals surface area contributed by atoms with Crippen LogP contribution in [0.5, 0.6) is 0 Å². The Labute approximate surface area is 144 Å². The molecule has 2 aliphatic rings. The topological polar surface area (TPSA) is 64.6 Å². The Hall–Kier alpha value is -2.05. The number of piperidine rings is 1. The number of hydrogen-bond acceptors (Lipinski definition) is 5. The first-order chi connectivity index (χ1) is 11.5. The number of aromatic nitrogens is 2. The predicted octanol–water partition coefficient (Wildman–Crippen LogP) is 1.66. The molecule has 1 unspecified atom stereocenters. The zero-order valence-corrected chi connectivity index (χ0v) is 15.1. The lowest BCUT2D eigenvalue weighted by Crippen LogP contribution is -2.49. The van der Waals surface area contributed by atoms with Crippen LogP contribution in [0.15, 0.2) is 6.07 Å². The SMILES string of the molecule is CC(C)c1cc(N2CCCC(N3CCNC3=O)C2)nc(N(C)C)n1. The van der Waals surface area contributed by atoms with Gasteiger partial charge in [0.05, 0.1) is 11.7 Å². The monoisotopic (exact) mass is 332 g/mol. The molecule has 0 radical (unpaired) electrons. The van der Waals surface area contributed by atoms with E-state index < -0.39 is 0 Å². The molecular weight excluding hydrogens is 304 g/mol. The molecule has 0 bridgehead atoms. The summed E-state index contributed by atoms with van der Waals surface area (Å²) in [4.78, 5) is 27.6. The lowest BCUT2D eigenvalue weighted by Gasteiger charge is -2.38. The molecule has 3 heterocycles. The molecule has 0 spiro atoms. The maximum Gasteiger partial charge on any atom is 0.317 e. The van der Waals surface area contributed by atoms with E-state index in [-0.39, 0.29) is 12.1 Å². The number of carbonyl (C=O) groups is 1. The third kappa shape index (κ3) is 3.39. The fraction of sp³-hybridized carbons (Fsp3) is 0.706. The van der Waals surface area contributed by atoms with Crippen LogP contribution in [0.1, 0.15) is 38.3 Å². The highest BCUT2D eigenvalue weighted by Crippen LogP contribution is 2.26. The first kappa shape index (κ1) is 16.8. The Kier molecular flexibility index (Phi) is 4.78. The van der Waals surface area contributed by atoms with E-state index in [1.807, 2.05) is 23.9 Å². The molecule has 1 atom stereocenters. The molecule has 2 saturated heterocycles. The van der Waals surface area contributed by atoms with Crippen molar-refractivity contribution < 1.29 is 4.79 Å². The number of nitrogens with one attached hydrogen (secondary N) is 1. The minimum absolute atomic E-state index is 0.0707. The second-order valence-electron chi connectivity index (χ2n) is 7.17. The summed E-state index contributed by atoms with van der Waals surface area (Å²) in [5.74, 6) is 2.08. The van der Waals surface area contributed by atoms with E-state index in [9.17, 15) is 4.79 Å². The smallest absolute Gasteiger partial charge is 0.317 e. The van der Waals surface area contributed by atoms with Crippen LogP contribution in [0.2, 0.25) is 0 Å². The first-order valence-corrected chi connectivity index (χ1v) is 8.81. The third-order valence-electron chi connectivity index (χ3n) is 4.76. The average molecular weight is 332 g/mol. The quantitative estimate of drug-likeness (QED) is 0.908. The number of rotatable bonds is 4. The lowest BCUT2D eigenvalue weighted by atomic mass is 10.0. The number of nitrogens with zero attached hydrogens (tertiary/aromatic N) is 5. The maximum absolute atomic E-state index is 12.0. The Morgan fingerprint density at radius 2 is 2.08 bits per heavy atom. The number of carbonyl (C=O) groups excluding carboxylic acids is 1. The van der Waals surface area contributed by atoms with Gasteiger partial charge in [-0.2, -0.15) is 4.98 Å². The van der Waals surface area contributed by atoms with Gasteiger partial charge in [-0.05, 0) is 18.8 Å². The molecule has 1 aromatic rings. The predicted molar refractivity (Wildman–Crippen MR) is 95.8 cm³/mol. The van der Waals surface area contributed by atoms with Gasteiger partial charge in [-0.1, -0.05) is 13.8 Å². The van der Waals surface area contributed by atoms with Crippen molar-refractivity contribution in [3.05, 3.63) is 11.8 Å². The van der Waals surface area contributed by atoms with Crippen molar-refractivity contribution in [1.29, 1.82) is 0 Å². The molecule has 3 rings (SSSR count). The van der Waals surface area contributed by atoms with E-state index in [1.165, 1.54) is 0 Å². The van der Waals surface area contributed by atoms with Crippen LogP contribution in [0.3, 0.4) is 0 Å². The molecule has 0 aliphatic carbocycles. The Morgan fingerprint density at radius 1 is 1.29 bits per heavy atom. The summed E-state index contributed by atoms with van der Waals surface area (Å²) in [7, 11) is 3.94. The van der Waals surface area contributed by atoms with Gasteiger partial charge in [-0.3, -0.25) is 0 Å². The van der Waals surface area contributed by atoms with Gasteiger partial charge in [-0.25, -0.2) is 9.78 Å². The summed E-state index contributed by atoms with van der Waals surface area (Å²) in [6.07, 6.45) is 2.14. The van der Waals surface area contributed by atoms with Gasteiger partial charge in [0.2, 0.25) is 5.95 Å². The number of urea groups is 1. The average Bonchev–Trinajstić information content (AvgIpc) is 3.00. The van der Waals surface area contributed by atoms with Crippen molar-refractivity contribution in [3.8, 4) is 0 Å². The highest BCUT2D eigenvalue weighted by Gasteiger charge is 2.32. The second-order valence-corrected chi connectivity index (χ2v) is 7.17. The van der Waals surface area contributed by atoms with Crippen molar-refractivity contribution in [2.24, 2.45) is 0 Å². The van der Waals surface area contributed by atoms with Crippen LogP contribution in [-0.4, -0.2) is 67.2 Å². The van der Waals surface area contributed by atoms with E-state index >= 15 is 0 Å². The zero-order valence-electron chi connectivity index (χ0n) is 15.1. The molecule has 132 valence electrons.